The Kier molecular flexibility index (Phi) is 6.24. The molecule has 0 radical (unpaired) electrons. The van der Waals surface area contributed by atoms with E-state index in [0.717, 1.165) is 15.4 Å². The number of nitrogens with one attached hydrogen (secondary N) is 2. The third-order valence-corrected chi connectivity index (χ3v) is 3.84. The van der Waals surface area contributed by atoms with Crippen LogP contribution in [0.3, 0.4) is 0 Å². The van der Waals surface area contributed by atoms with Gasteiger partial charge < -0.3 is 15.7 Å². The van der Waals surface area contributed by atoms with Crippen LogP contribution in [0, 0.1) is 5.82 Å². The van der Waals surface area contributed by atoms with E-state index in [9.17, 15) is 9.18 Å². The normalized spacial score (nSPS) is 10.3. The molecule has 0 atom stereocenters. The molecule has 0 saturated carbocycles. The first-order chi connectivity index (χ1) is 10.7. The van der Waals surface area contributed by atoms with Crippen LogP contribution in [0.1, 0.15) is 5.56 Å². The van der Waals surface area contributed by atoms with Gasteiger partial charge in [-0.1, -0.05) is 23.9 Å². The fourth-order valence-electron chi connectivity index (χ4n) is 1.73. The van der Waals surface area contributed by atoms with Crippen molar-refractivity contribution in [2.75, 3.05) is 13.2 Å². The number of benzene rings is 2. The van der Waals surface area contributed by atoms with Gasteiger partial charge in [0.15, 0.2) is 0 Å². The van der Waals surface area contributed by atoms with Crippen LogP contribution in [0.2, 0.25) is 0 Å². The molecule has 2 aromatic rings. The van der Waals surface area contributed by atoms with E-state index in [2.05, 4.69) is 10.6 Å². The number of amides is 2. The largest absolute Gasteiger partial charge is 0.395 e. The van der Waals surface area contributed by atoms with Gasteiger partial charge in [0.05, 0.1) is 6.61 Å². The lowest BCUT2D eigenvalue weighted by Gasteiger charge is -2.07. The summed E-state index contributed by atoms with van der Waals surface area (Å²) in [6.07, 6.45) is 0. The molecule has 116 valence electrons. The Morgan fingerprint density at radius 3 is 2.18 bits per heavy atom. The molecule has 0 aliphatic heterocycles. The summed E-state index contributed by atoms with van der Waals surface area (Å²) >= 11 is 1.55. The first-order valence-electron chi connectivity index (χ1n) is 6.82. The van der Waals surface area contributed by atoms with Gasteiger partial charge >= 0.3 is 6.03 Å². The summed E-state index contributed by atoms with van der Waals surface area (Å²) in [7, 11) is 0. The second-order valence-corrected chi connectivity index (χ2v) is 5.68. The predicted molar refractivity (Wildman–Crippen MR) is 84.3 cm³/mol. The van der Waals surface area contributed by atoms with Crippen molar-refractivity contribution in [3.8, 4) is 0 Å². The summed E-state index contributed by atoms with van der Waals surface area (Å²) in [5, 5.41) is 13.8. The molecular weight excluding hydrogens is 303 g/mol. The van der Waals surface area contributed by atoms with Gasteiger partial charge in [0.25, 0.3) is 0 Å². The van der Waals surface area contributed by atoms with Crippen LogP contribution in [-0.4, -0.2) is 24.3 Å². The maximum atomic E-state index is 12.8. The van der Waals surface area contributed by atoms with Crippen molar-refractivity contribution in [2.24, 2.45) is 0 Å². The van der Waals surface area contributed by atoms with Crippen LogP contribution in [0.15, 0.2) is 58.3 Å². The molecule has 0 spiro atoms. The minimum atomic E-state index is -0.307. The minimum Gasteiger partial charge on any atom is -0.395 e. The molecule has 0 aromatic heterocycles. The number of carbonyl (C=O) groups excluding carboxylic acids is 1. The Hall–Kier alpha value is -2.05. The van der Waals surface area contributed by atoms with Crippen molar-refractivity contribution in [3.05, 3.63) is 59.9 Å². The smallest absolute Gasteiger partial charge is 0.315 e. The number of rotatable bonds is 6. The van der Waals surface area contributed by atoms with E-state index in [1.807, 2.05) is 24.3 Å². The SMILES string of the molecule is O=C(NCCO)NCc1ccc(Sc2ccc(F)cc2)cc1. The molecule has 0 aliphatic rings. The molecule has 2 aromatic carbocycles. The van der Waals surface area contributed by atoms with E-state index >= 15 is 0 Å². The third kappa shape index (κ3) is 5.38. The molecule has 0 unspecified atom stereocenters. The highest BCUT2D eigenvalue weighted by Gasteiger charge is 2.01. The molecule has 0 fully saturated rings. The Morgan fingerprint density at radius 1 is 1.00 bits per heavy atom. The first kappa shape index (κ1) is 16.3. The van der Waals surface area contributed by atoms with Crippen LogP contribution in [0.4, 0.5) is 9.18 Å². The van der Waals surface area contributed by atoms with E-state index in [1.54, 1.807) is 23.9 Å². The van der Waals surface area contributed by atoms with Crippen LogP contribution in [-0.2, 0) is 6.54 Å². The quantitative estimate of drug-likeness (QED) is 0.767. The predicted octanol–water partition coefficient (Wildman–Crippen LogP) is 2.77. The number of hydrogen-bond acceptors (Lipinski definition) is 3. The summed E-state index contributed by atoms with van der Waals surface area (Å²) in [6, 6.07) is 13.8. The Morgan fingerprint density at radius 2 is 1.59 bits per heavy atom. The summed E-state index contributed by atoms with van der Waals surface area (Å²) in [6.45, 7) is 0.570. The standard InChI is InChI=1S/C16H17FN2O2S/c17-13-3-7-15(8-4-13)22-14-5-1-12(2-6-14)11-19-16(21)18-9-10-20/h1-8,20H,9-11H2,(H2,18,19,21). The Balaban J connectivity index is 1.85. The molecule has 22 heavy (non-hydrogen) atoms. The van der Waals surface area contributed by atoms with Gasteiger partial charge in [0, 0.05) is 22.9 Å². The minimum absolute atomic E-state index is 0.0806. The van der Waals surface area contributed by atoms with Crippen molar-refractivity contribution < 1.29 is 14.3 Å². The topological polar surface area (TPSA) is 61.4 Å². The van der Waals surface area contributed by atoms with Gasteiger partial charge in [0.1, 0.15) is 5.82 Å². The summed E-state index contributed by atoms with van der Waals surface area (Å²) in [4.78, 5) is 13.4. The molecule has 2 amide bonds. The van der Waals surface area contributed by atoms with E-state index in [4.69, 9.17) is 5.11 Å². The van der Waals surface area contributed by atoms with Gasteiger partial charge in [-0.15, -0.1) is 0 Å². The number of halogens is 1. The lowest BCUT2D eigenvalue weighted by molar-refractivity contribution is 0.234. The second kappa shape index (κ2) is 8.41. The number of aliphatic hydroxyl groups is 1. The zero-order valence-corrected chi connectivity index (χ0v) is 12.7. The zero-order chi connectivity index (χ0) is 15.8. The average molecular weight is 320 g/mol. The summed E-state index contributed by atoms with van der Waals surface area (Å²) in [5.74, 6) is -0.245. The van der Waals surface area contributed by atoms with E-state index in [0.29, 0.717) is 6.54 Å². The van der Waals surface area contributed by atoms with Crippen molar-refractivity contribution >= 4 is 17.8 Å². The third-order valence-electron chi connectivity index (χ3n) is 2.82. The lowest BCUT2D eigenvalue weighted by atomic mass is 10.2. The maximum Gasteiger partial charge on any atom is 0.315 e. The van der Waals surface area contributed by atoms with Crippen molar-refractivity contribution in [1.82, 2.24) is 10.6 Å². The molecule has 0 saturated heterocycles. The van der Waals surface area contributed by atoms with Crippen molar-refractivity contribution in [1.29, 1.82) is 0 Å². The van der Waals surface area contributed by atoms with Gasteiger partial charge in [-0.2, -0.15) is 0 Å². The monoisotopic (exact) mass is 320 g/mol. The highest BCUT2D eigenvalue weighted by atomic mass is 32.2. The molecule has 0 aliphatic carbocycles. The van der Waals surface area contributed by atoms with Crippen LogP contribution >= 0.6 is 11.8 Å². The molecule has 6 heteroatoms. The number of carbonyl (C=O) groups is 1. The van der Waals surface area contributed by atoms with Crippen LogP contribution < -0.4 is 10.6 Å². The van der Waals surface area contributed by atoms with Crippen LogP contribution in [0.25, 0.3) is 0 Å². The first-order valence-corrected chi connectivity index (χ1v) is 7.64. The Bertz CT molecular complexity index is 603. The molecular formula is C16H17FN2O2S. The van der Waals surface area contributed by atoms with E-state index in [1.165, 1.54) is 12.1 Å². The number of aliphatic hydroxyl groups excluding tert-OH is 1. The van der Waals surface area contributed by atoms with Gasteiger partial charge in [-0.25, -0.2) is 9.18 Å². The highest BCUT2D eigenvalue weighted by Crippen LogP contribution is 2.27. The summed E-state index contributed by atoms with van der Waals surface area (Å²) < 4.78 is 12.8. The lowest BCUT2D eigenvalue weighted by Crippen LogP contribution is -2.36. The highest BCUT2D eigenvalue weighted by molar-refractivity contribution is 7.99. The van der Waals surface area contributed by atoms with Crippen LogP contribution in [0.5, 0.6) is 0 Å². The number of urea groups is 1. The molecule has 0 heterocycles. The van der Waals surface area contributed by atoms with Crippen molar-refractivity contribution in [3.63, 3.8) is 0 Å². The number of hydrogen-bond donors (Lipinski definition) is 3. The van der Waals surface area contributed by atoms with E-state index in [-0.39, 0.29) is 25.0 Å². The van der Waals surface area contributed by atoms with E-state index < -0.39 is 0 Å². The average Bonchev–Trinajstić information content (AvgIpc) is 2.54. The van der Waals surface area contributed by atoms with Gasteiger partial charge in [-0.3, -0.25) is 0 Å². The molecule has 3 N–H and O–H groups in total. The fourth-order valence-corrected chi connectivity index (χ4v) is 2.54. The molecule has 2 rings (SSSR count). The fraction of sp³-hybridized carbons (Fsp3) is 0.188. The molecule has 0 bridgehead atoms. The maximum absolute atomic E-state index is 12.8. The molecule has 4 nitrogen and oxygen atoms in total. The van der Waals surface area contributed by atoms with Crippen molar-refractivity contribution in [2.45, 2.75) is 16.3 Å². The Labute approximate surface area is 132 Å². The zero-order valence-electron chi connectivity index (χ0n) is 11.9. The second-order valence-electron chi connectivity index (χ2n) is 4.53. The summed E-state index contributed by atoms with van der Waals surface area (Å²) in [5.41, 5.74) is 0.975. The van der Waals surface area contributed by atoms with Gasteiger partial charge in [-0.05, 0) is 42.0 Å². The van der Waals surface area contributed by atoms with Gasteiger partial charge in [0.2, 0.25) is 0 Å².